The molecule has 27 heavy (non-hydrogen) atoms. The fourth-order valence-electron chi connectivity index (χ4n) is 3.41. The number of hydrogen-bond donors (Lipinski definition) is 0. The summed E-state index contributed by atoms with van der Waals surface area (Å²) in [5.74, 6) is 0.565. The van der Waals surface area contributed by atoms with Crippen molar-refractivity contribution in [2.24, 2.45) is 0 Å². The Morgan fingerprint density at radius 1 is 1.11 bits per heavy atom. The Labute approximate surface area is 157 Å². The Bertz CT molecular complexity index is 1040. The first kappa shape index (κ1) is 17.3. The van der Waals surface area contributed by atoms with Gasteiger partial charge in [-0.15, -0.1) is 0 Å². The third-order valence-corrected chi connectivity index (χ3v) is 5.03. The molecule has 1 aliphatic carbocycles. The lowest BCUT2D eigenvalue weighted by Gasteiger charge is -2.35. The van der Waals surface area contributed by atoms with Crippen molar-refractivity contribution in [3.05, 3.63) is 40.6 Å². The lowest BCUT2D eigenvalue weighted by Crippen LogP contribution is -2.48. The van der Waals surface area contributed by atoms with Gasteiger partial charge in [-0.25, -0.2) is 4.98 Å². The number of carbonyl (C=O) groups excluding carboxylic acids is 1. The molecular formula is C20H22N4O3. The molecular weight excluding hydrogens is 344 g/mol. The van der Waals surface area contributed by atoms with Gasteiger partial charge in [-0.1, -0.05) is 0 Å². The van der Waals surface area contributed by atoms with Crippen LogP contribution in [0.4, 0.5) is 11.4 Å². The van der Waals surface area contributed by atoms with Gasteiger partial charge in [-0.05, 0) is 12.1 Å². The third kappa shape index (κ3) is 3.20. The van der Waals surface area contributed by atoms with E-state index in [1.165, 1.54) is 0 Å². The van der Waals surface area contributed by atoms with Crippen LogP contribution in [0.3, 0.4) is 0 Å². The predicted octanol–water partition coefficient (Wildman–Crippen LogP) is 2.03. The molecule has 3 aliphatic rings. The predicted molar refractivity (Wildman–Crippen MR) is 106 cm³/mol. The average molecular weight is 366 g/mol. The molecule has 1 fully saturated rings. The summed E-state index contributed by atoms with van der Waals surface area (Å²) in [6.45, 7) is 4.27. The van der Waals surface area contributed by atoms with E-state index in [1.54, 1.807) is 13.0 Å². The monoisotopic (exact) mass is 366 g/mol. The van der Waals surface area contributed by atoms with Crippen LogP contribution in [0, 0.1) is 0 Å². The normalized spacial score (nSPS) is 14.8. The fourth-order valence-corrected chi connectivity index (χ4v) is 3.41. The first-order valence-electron chi connectivity index (χ1n) is 8.99. The average Bonchev–Trinajstić information content (AvgIpc) is 2.66. The van der Waals surface area contributed by atoms with Gasteiger partial charge in [-0.2, -0.15) is 0 Å². The van der Waals surface area contributed by atoms with E-state index in [0.717, 1.165) is 11.4 Å². The zero-order valence-corrected chi connectivity index (χ0v) is 15.7. The molecule has 0 N–H and O–H groups in total. The summed E-state index contributed by atoms with van der Waals surface area (Å²) in [6, 6.07) is 9.21. The summed E-state index contributed by atoms with van der Waals surface area (Å²) >= 11 is 0. The number of piperazine rings is 1. The Morgan fingerprint density at radius 3 is 2.52 bits per heavy atom. The Kier molecular flexibility index (Phi) is 4.22. The summed E-state index contributed by atoms with van der Waals surface area (Å²) in [7, 11) is 3.92. The lowest BCUT2D eigenvalue weighted by molar-refractivity contribution is -0.129. The maximum atomic E-state index is 12.6. The van der Waals surface area contributed by atoms with E-state index in [0.29, 0.717) is 48.7 Å². The second-order valence-electron chi connectivity index (χ2n) is 7.04. The molecule has 0 aromatic heterocycles. The minimum atomic E-state index is -0.154. The second kappa shape index (κ2) is 6.57. The zero-order chi connectivity index (χ0) is 19.1. The van der Waals surface area contributed by atoms with Gasteiger partial charge in [0.2, 0.25) is 11.3 Å². The fraction of sp³-hybridized carbons (Fsp3) is 0.350. The standard InChI is InChI=1S/C20H22N4O3/c1-13(25)23-6-8-24(9-7-23)15-10-17(26)20-19(12-15)27-18-11-14(22(2)3)4-5-16(18)21-20/h4-5,10-12H,6-9H2,1-3H3. The van der Waals surface area contributed by atoms with Crippen molar-refractivity contribution in [3.63, 3.8) is 0 Å². The molecule has 4 rings (SSSR count). The molecule has 1 saturated heterocycles. The highest BCUT2D eigenvalue weighted by molar-refractivity contribution is 5.81. The van der Waals surface area contributed by atoms with Crippen LogP contribution in [-0.2, 0) is 4.79 Å². The summed E-state index contributed by atoms with van der Waals surface area (Å²) < 4.78 is 6.03. The number of rotatable bonds is 2. The molecule has 2 heterocycles. The van der Waals surface area contributed by atoms with Crippen LogP contribution in [0.5, 0.6) is 0 Å². The van der Waals surface area contributed by atoms with Crippen LogP contribution < -0.4 is 15.2 Å². The lowest BCUT2D eigenvalue weighted by atomic mass is 10.1. The van der Waals surface area contributed by atoms with Crippen molar-refractivity contribution in [3.8, 4) is 11.5 Å². The molecule has 2 aliphatic heterocycles. The molecule has 0 bridgehead atoms. The number of hydrogen-bond acceptors (Lipinski definition) is 6. The maximum absolute atomic E-state index is 12.6. The van der Waals surface area contributed by atoms with Gasteiger partial charge in [0.05, 0.1) is 0 Å². The maximum Gasteiger partial charge on any atom is 0.219 e. The van der Waals surface area contributed by atoms with Crippen LogP contribution >= 0.6 is 0 Å². The van der Waals surface area contributed by atoms with E-state index >= 15 is 0 Å². The van der Waals surface area contributed by atoms with Gasteiger partial charge >= 0.3 is 0 Å². The van der Waals surface area contributed by atoms with Crippen LogP contribution in [-0.4, -0.2) is 56.1 Å². The van der Waals surface area contributed by atoms with E-state index < -0.39 is 0 Å². The van der Waals surface area contributed by atoms with Crippen molar-refractivity contribution < 1.29 is 9.21 Å². The van der Waals surface area contributed by atoms with E-state index in [2.05, 4.69) is 9.88 Å². The van der Waals surface area contributed by atoms with E-state index in [9.17, 15) is 9.59 Å². The van der Waals surface area contributed by atoms with E-state index in [4.69, 9.17) is 4.42 Å². The van der Waals surface area contributed by atoms with E-state index in [1.807, 2.05) is 48.2 Å². The molecule has 1 amide bonds. The van der Waals surface area contributed by atoms with E-state index in [-0.39, 0.29) is 11.3 Å². The zero-order valence-electron chi connectivity index (χ0n) is 15.7. The minimum absolute atomic E-state index is 0.0834. The molecule has 1 aromatic carbocycles. The van der Waals surface area contributed by atoms with Crippen molar-refractivity contribution in [1.29, 1.82) is 0 Å². The third-order valence-electron chi connectivity index (χ3n) is 5.03. The van der Waals surface area contributed by atoms with Gasteiger partial charge in [-0.3, -0.25) is 9.59 Å². The Morgan fingerprint density at radius 2 is 1.85 bits per heavy atom. The molecule has 0 radical (unpaired) electrons. The smallest absolute Gasteiger partial charge is 0.219 e. The Balaban J connectivity index is 1.74. The number of amides is 1. The molecule has 7 nitrogen and oxygen atoms in total. The van der Waals surface area contributed by atoms with Gasteiger partial charge in [0, 0.05) is 76.8 Å². The summed E-state index contributed by atoms with van der Waals surface area (Å²) in [5.41, 5.74) is 3.31. The summed E-state index contributed by atoms with van der Waals surface area (Å²) in [4.78, 5) is 34.5. The first-order valence-corrected chi connectivity index (χ1v) is 8.99. The highest BCUT2D eigenvalue weighted by Crippen LogP contribution is 2.28. The van der Waals surface area contributed by atoms with Crippen molar-refractivity contribution in [2.45, 2.75) is 6.92 Å². The van der Waals surface area contributed by atoms with Crippen LogP contribution in [0.15, 0.2) is 39.5 Å². The highest BCUT2D eigenvalue weighted by Gasteiger charge is 2.22. The molecule has 140 valence electrons. The number of benzene rings is 2. The molecule has 0 unspecified atom stereocenters. The largest absolute Gasteiger partial charge is 0.453 e. The van der Waals surface area contributed by atoms with Gasteiger partial charge in [0.1, 0.15) is 5.52 Å². The summed E-state index contributed by atoms with van der Waals surface area (Å²) in [5, 5.41) is 0. The number of anilines is 2. The van der Waals surface area contributed by atoms with Gasteiger partial charge < -0.3 is 19.1 Å². The number of carbonyl (C=O) groups is 1. The van der Waals surface area contributed by atoms with Crippen molar-refractivity contribution in [1.82, 2.24) is 9.88 Å². The number of fused-ring (bicyclic) bond motifs is 2. The highest BCUT2D eigenvalue weighted by atomic mass is 16.3. The molecule has 0 saturated carbocycles. The Hall–Kier alpha value is -3.09. The second-order valence-corrected chi connectivity index (χ2v) is 7.04. The van der Waals surface area contributed by atoms with Gasteiger partial charge in [0.15, 0.2) is 17.0 Å². The quantitative estimate of drug-likeness (QED) is 0.647. The van der Waals surface area contributed by atoms with Crippen LogP contribution in [0.2, 0.25) is 0 Å². The SMILES string of the molecule is CC(=O)N1CCN(c2cc3oc4cc(N(C)C)ccc4nc-3c(=O)c2)CC1. The molecule has 1 aromatic rings. The molecule has 7 heteroatoms. The summed E-state index contributed by atoms with van der Waals surface area (Å²) in [6.07, 6.45) is 0. The first-order chi connectivity index (χ1) is 12.9. The van der Waals surface area contributed by atoms with Crippen molar-refractivity contribution in [2.75, 3.05) is 50.1 Å². The molecule has 0 spiro atoms. The topological polar surface area (TPSA) is 69.9 Å². The van der Waals surface area contributed by atoms with Crippen LogP contribution in [0.1, 0.15) is 6.92 Å². The van der Waals surface area contributed by atoms with Gasteiger partial charge in [0.25, 0.3) is 0 Å². The van der Waals surface area contributed by atoms with Crippen LogP contribution in [0.25, 0.3) is 22.6 Å². The minimum Gasteiger partial charge on any atom is -0.453 e. The number of nitrogens with zero attached hydrogens (tertiary/aromatic N) is 4. The van der Waals surface area contributed by atoms with Crippen molar-refractivity contribution >= 4 is 28.4 Å². The molecule has 0 atom stereocenters. The number of aromatic nitrogens is 1.